The predicted molar refractivity (Wildman–Crippen MR) is 141 cm³/mol. The molecule has 0 nitrogen and oxygen atoms in total. The van der Waals surface area contributed by atoms with Gasteiger partial charge in [0.2, 0.25) is 0 Å². The Balaban J connectivity index is 1.78. The van der Waals surface area contributed by atoms with Gasteiger partial charge in [-0.15, -0.1) is 0 Å². The van der Waals surface area contributed by atoms with Crippen molar-refractivity contribution in [2.75, 3.05) is 0 Å². The van der Waals surface area contributed by atoms with E-state index in [1.807, 2.05) is 6.07 Å². The summed E-state index contributed by atoms with van der Waals surface area (Å²) in [5, 5.41) is 4.68. The van der Waals surface area contributed by atoms with E-state index in [4.69, 9.17) is 11.6 Å². The summed E-state index contributed by atoms with van der Waals surface area (Å²) >= 11 is 6.95. The van der Waals surface area contributed by atoms with Crippen LogP contribution in [0.15, 0.2) is 133 Å². The minimum absolute atomic E-state index is 0.772. The summed E-state index contributed by atoms with van der Waals surface area (Å²) < 4.78 is 0. The SMILES string of the molecule is Clc1cccc(P(c2ccccc2)c2ccccc2)c1-c1ccccc1-c1ccccc1. The average Bonchev–Trinajstić information content (AvgIpc) is 2.86. The van der Waals surface area contributed by atoms with Crippen LogP contribution in [0.3, 0.4) is 0 Å². The molecule has 0 aliphatic heterocycles. The van der Waals surface area contributed by atoms with Crippen molar-refractivity contribution < 1.29 is 0 Å². The Hall–Kier alpha value is -3.18. The number of hydrogen-bond donors (Lipinski definition) is 0. The summed E-state index contributed by atoms with van der Waals surface area (Å²) in [4.78, 5) is 0. The molecule has 0 spiro atoms. The molecule has 0 N–H and O–H groups in total. The standard InChI is InChI=1S/C30H22ClP/c31-28-21-12-22-29(32(24-15-6-2-7-16-24)25-17-8-3-9-18-25)30(28)27-20-11-10-19-26(27)23-13-4-1-5-14-23/h1-22H. The lowest BCUT2D eigenvalue weighted by molar-refractivity contribution is 1.59. The highest BCUT2D eigenvalue weighted by Gasteiger charge is 2.23. The largest absolute Gasteiger partial charge is 0.0836 e. The summed E-state index contributed by atoms with van der Waals surface area (Å²) in [5.74, 6) is 0. The van der Waals surface area contributed by atoms with Crippen LogP contribution in [0, 0.1) is 0 Å². The first-order valence-electron chi connectivity index (χ1n) is 10.7. The summed E-state index contributed by atoms with van der Waals surface area (Å²) in [7, 11) is -0.772. The Bertz CT molecular complexity index is 1280. The third-order valence-corrected chi connectivity index (χ3v) is 8.34. The number of rotatable bonds is 5. The van der Waals surface area contributed by atoms with Crippen LogP contribution >= 0.6 is 19.5 Å². The molecule has 0 atom stereocenters. The molecule has 0 aliphatic rings. The lowest BCUT2D eigenvalue weighted by Gasteiger charge is -2.24. The minimum atomic E-state index is -0.772. The lowest BCUT2D eigenvalue weighted by Crippen LogP contribution is -2.22. The first-order valence-corrected chi connectivity index (χ1v) is 12.4. The van der Waals surface area contributed by atoms with Crippen molar-refractivity contribution in [1.82, 2.24) is 0 Å². The second-order valence-corrected chi connectivity index (χ2v) is 10.1. The molecule has 0 bridgehead atoms. The first kappa shape index (κ1) is 20.7. The van der Waals surface area contributed by atoms with E-state index >= 15 is 0 Å². The van der Waals surface area contributed by atoms with E-state index in [2.05, 4.69) is 127 Å². The van der Waals surface area contributed by atoms with Crippen LogP contribution < -0.4 is 15.9 Å². The molecule has 5 aromatic rings. The number of benzene rings is 5. The van der Waals surface area contributed by atoms with Crippen molar-refractivity contribution in [3.63, 3.8) is 0 Å². The summed E-state index contributed by atoms with van der Waals surface area (Å²) in [6, 6.07) is 47.0. The van der Waals surface area contributed by atoms with Gasteiger partial charge >= 0.3 is 0 Å². The molecule has 0 radical (unpaired) electrons. The molecule has 5 rings (SSSR count). The molecule has 0 fully saturated rings. The molecule has 0 unspecified atom stereocenters. The lowest BCUT2D eigenvalue weighted by atomic mass is 9.94. The Kier molecular flexibility index (Phi) is 6.17. The summed E-state index contributed by atoms with van der Waals surface area (Å²) in [6.45, 7) is 0. The van der Waals surface area contributed by atoms with Crippen LogP contribution in [0.4, 0.5) is 0 Å². The Morgan fingerprint density at radius 3 is 1.53 bits per heavy atom. The third-order valence-electron chi connectivity index (χ3n) is 5.54. The molecular weight excluding hydrogens is 427 g/mol. The van der Waals surface area contributed by atoms with Gasteiger partial charge in [-0.25, -0.2) is 0 Å². The fourth-order valence-electron chi connectivity index (χ4n) is 4.12. The number of hydrogen-bond acceptors (Lipinski definition) is 0. The van der Waals surface area contributed by atoms with Gasteiger partial charge in [0.15, 0.2) is 0 Å². The molecule has 5 aromatic carbocycles. The van der Waals surface area contributed by atoms with Crippen LogP contribution in [-0.2, 0) is 0 Å². The van der Waals surface area contributed by atoms with Gasteiger partial charge in [0.25, 0.3) is 0 Å². The van der Waals surface area contributed by atoms with E-state index in [0.29, 0.717) is 0 Å². The van der Waals surface area contributed by atoms with Gasteiger partial charge in [0.1, 0.15) is 0 Å². The smallest absolute Gasteiger partial charge is 0.0491 e. The zero-order valence-electron chi connectivity index (χ0n) is 17.5. The van der Waals surface area contributed by atoms with Crippen LogP contribution in [-0.4, -0.2) is 0 Å². The van der Waals surface area contributed by atoms with Gasteiger partial charge in [-0.05, 0) is 46.6 Å². The van der Waals surface area contributed by atoms with Crippen LogP contribution in [0.1, 0.15) is 0 Å². The highest BCUT2D eigenvalue weighted by atomic mass is 35.5. The first-order chi connectivity index (χ1) is 15.8. The van der Waals surface area contributed by atoms with Gasteiger partial charge in [0.05, 0.1) is 0 Å². The molecule has 0 aromatic heterocycles. The summed E-state index contributed by atoms with van der Waals surface area (Å²) in [5.41, 5.74) is 4.67. The van der Waals surface area contributed by atoms with E-state index < -0.39 is 7.92 Å². The van der Waals surface area contributed by atoms with Crippen LogP contribution in [0.2, 0.25) is 5.02 Å². The van der Waals surface area contributed by atoms with Gasteiger partial charge in [0, 0.05) is 10.6 Å². The molecule has 0 saturated carbocycles. The monoisotopic (exact) mass is 448 g/mol. The molecule has 0 aliphatic carbocycles. The van der Waals surface area contributed by atoms with Crippen molar-refractivity contribution in [3.05, 3.63) is 138 Å². The van der Waals surface area contributed by atoms with E-state index in [1.165, 1.54) is 32.6 Å². The van der Waals surface area contributed by atoms with Crippen LogP contribution in [0.5, 0.6) is 0 Å². The molecule has 154 valence electrons. The molecule has 32 heavy (non-hydrogen) atoms. The third kappa shape index (κ3) is 4.13. The van der Waals surface area contributed by atoms with Crippen molar-refractivity contribution in [2.24, 2.45) is 0 Å². The molecule has 2 heteroatoms. The molecular formula is C30H22ClP. The second-order valence-electron chi connectivity index (χ2n) is 7.55. The maximum absolute atomic E-state index is 6.95. The maximum Gasteiger partial charge on any atom is 0.0491 e. The minimum Gasteiger partial charge on any atom is -0.0836 e. The Morgan fingerprint density at radius 2 is 0.938 bits per heavy atom. The van der Waals surface area contributed by atoms with Crippen LogP contribution in [0.25, 0.3) is 22.3 Å². The van der Waals surface area contributed by atoms with Gasteiger partial charge in [-0.2, -0.15) is 0 Å². The van der Waals surface area contributed by atoms with E-state index in [0.717, 1.165) is 10.6 Å². The van der Waals surface area contributed by atoms with E-state index in [1.54, 1.807) is 0 Å². The highest BCUT2D eigenvalue weighted by molar-refractivity contribution is 7.80. The Morgan fingerprint density at radius 1 is 0.438 bits per heavy atom. The topological polar surface area (TPSA) is 0 Å². The van der Waals surface area contributed by atoms with Gasteiger partial charge < -0.3 is 0 Å². The van der Waals surface area contributed by atoms with Crippen molar-refractivity contribution >= 4 is 35.4 Å². The van der Waals surface area contributed by atoms with E-state index in [-0.39, 0.29) is 0 Å². The quantitative estimate of drug-likeness (QED) is 0.245. The van der Waals surface area contributed by atoms with Crippen molar-refractivity contribution in [3.8, 4) is 22.3 Å². The highest BCUT2D eigenvalue weighted by Crippen LogP contribution is 2.42. The summed E-state index contributed by atoms with van der Waals surface area (Å²) in [6.07, 6.45) is 0. The average molecular weight is 449 g/mol. The molecule has 0 amide bonds. The fourth-order valence-corrected chi connectivity index (χ4v) is 6.95. The zero-order chi connectivity index (χ0) is 21.8. The van der Waals surface area contributed by atoms with Gasteiger partial charge in [-0.1, -0.05) is 139 Å². The second kappa shape index (κ2) is 9.53. The van der Waals surface area contributed by atoms with Crippen molar-refractivity contribution in [2.45, 2.75) is 0 Å². The number of halogens is 1. The van der Waals surface area contributed by atoms with Crippen molar-refractivity contribution in [1.29, 1.82) is 0 Å². The predicted octanol–water partition coefficient (Wildman–Crippen LogP) is 7.43. The molecule has 0 saturated heterocycles. The van der Waals surface area contributed by atoms with E-state index in [9.17, 15) is 0 Å². The molecule has 0 heterocycles. The van der Waals surface area contributed by atoms with Gasteiger partial charge in [-0.3, -0.25) is 0 Å². The fraction of sp³-hybridized carbons (Fsp3) is 0. The zero-order valence-corrected chi connectivity index (χ0v) is 19.2. The Labute approximate surface area is 195 Å². The maximum atomic E-state index is 6.95. The normalized spacial score (nSPS) is 10.9.